The van der Waals surface area contributed by atoms with Crippen molar-refractivity contribution in [2.45, 2.75) is 52.1 Å². The van der Waals surface area contributed by atoms with Crippen molar-refractivity contribution in [1.82, 2.24) is 14.5 Å². The SMILES string of the molecule is CCc1ccc(CN2C[C@H](C(=O)Nc3cnc4n3CCCC4)CC2=O)cc1. The van der Waals surface area contributed by atoms with E-state index in [4.69, 9.17) is 0 Å². The van der Waals surface area contributed by atoms with Crippen molar-refractivity contribution in [2.75, 3.05) is 11.9 Å². The Bertz CT molecular complexity index is 840. The number of imidazole rings is 1. The largest absolute Gasteiger partial charge is 0.338 e. The summed E-state index contributed by atoms with van der Waals surface area (Å²) in [5.41, 5.74) is 2.39. The van der Waals surface area contributed by atoms with Crippen molar-refractivity contribution in [2.24, 2.45) is 5.92 Å². The van der Waals surface area contributed by atoms with Gasteiger partial charge >= 0.3 is 0 Å². The van der Waals surface area contributed by atoms with Gasteiger partial charge in [-0.2, -0.15) is 0 Å². The quantitative estimate of drug-likeness (QED) is 0.885. The zero-order valence-corrected chi connectivity index (χ0v) is 15.8. The average molecular weight is 366 g/mol. The van der Waals surface area contributed by atoms with Gasteiger partial charge in [-0.05, 0) is 30.4 Å². The van der Waals surface area contributed by atoms with Gasteiger partial charge in [-0.25, -0.2) is 4.98 Å². The van der Waals surface area contributed by atoms with Crippen molar-refractivity contribution in [1.29, 1.82) is 0 Å². The van der Waals surface area contributed by atoms with E-state index < -0.39 is 0 Å². The molecule has 0 saturated carbocycles. The van der Waals surface area contributed by atoms with Crippen LogP contribution in [0.4, 0.5) is 5.82 Å². The van der Waals surface area contributed by atoms with Crippen molar-refractivity contribution in [3.05, 3.63) is 47.4 Å². The molecule has 6 nitrogen and oxygen atoms in total. The second-order valence-corrected chi connectivity index (χ2v) is 7.50. The molecule has 142 valence electrons. The Balaban J connectivity index is 1.38. The van der Waals surface area contributed by atoms with Crippen LogP contribution in [0.15, 0.2) is 30.5 Å². The maximum Gasteiger partial charge on any atom is 0.230 e. The molecular weight excluding hydrogens is 340 g/mol. The molecule has 2 aliphatic heterocycles. The van der Waals surface area contributed by atoms with E-state index in [2.05, 4.69) is 46.1 Å². The van der Waals surface area contributed by atoms with Gasteiger partial charge in [-0.1, -0.05) is 31.2 Å². The third kappa shape index (κ3) is 3.75. The molecule has 3 heterocycles. The molecule has 2 aliphatic rings. The molecular formula is C21H26N4O2. The molecule has 1 fully saturated rings. The van der Waals surface area contributed by atoms with Crippen LogP contribution in [0.3, 0.4) is 0 Å². The van der Waals surface area contributed by atoms with Gasteiger partial charge in [-0.3, -0.25) is 9.59 Å². The standard InChI is InChI=1S/C21H26N4O2/c1-2-15-6-8-16(9-7-15)13-24-14-17(11-20(24)26)21(27)23-19-12-22-18-5-3-4-10-25(18)19/h6-9,12,17H,2-5,10-11,13-14H2,1H3,(H,23,27)/t17-/m1/s1. The zero-order valence-electron chi connectivity index (χ0n) is 15.8. The first-order valence-electron chi connectivity index (χ1n) is 9.85. The highest BCUT2D eigenvalue weighted by atomic mass is 16.2. The van der Waals surface area contributed by atoms with Crippen molar-refractivity contribution < 1.29 is 9.59 Å². The Kier molecular flexibility index (Phi) is 4.97. The highest BCUT2D eigenvalue weighted by Crippen LogP contribution is 2.24. The second-order valence-electron chi connectivity index (χ2n) is 7.50. The molecule has 1 aromatic carbocycles. The van der Waals surface area contributed by atoms with Gasteiger partial charge in [-0.15, -0.1) is 0 Å². The lowest BCUT2D eigenvalue weighted by Gasteiger charge is -2.18. The number of hydrogen-bond donors (Lipinski definition) is 1. The van der Waals surface area contributed by atoms with Crippen LogP contribution in [0.25, 0.3) is 0 Å². The number of amides is 2. The molecule has 6 heteroatoms. The molecule has 0 aliphatic carbocycles. The molecule has 0 radical (unpaired) electrons. The molecule has 0 bridgehead atoms. The first-order valence-corrected chi connectivity index (χ1v) is 9.85. The van der Waals surface area contributed by atoms with E-state index in [1.54, 1.807) is 11.1 Å². The lowest BCUT2D eigenvalue weighted by molar-refractivity contribution is -0.128. The Morgan fingerprint density at radius 3 is 2.78 bits per heavy atom. The predicted octanol–water partition coefficient (Wildman–Crippen LogP) is 2.77. The van der Waals surface area contributed by atoms with E-state index in [9.17, 15) is 9.59 Å². The number of hydrogen-bond acceptors (Lipinski definition) is 3. The minimum Gasteiger partial charge on any atom is -0.338 e. The number of carbonyl (C=O) groups excluding carboxylic acids is 2. The van der Waals surface area contributed by atoms with Gasteiger partial charge in [0.25, 0.3) is 0 Å². The summed E-state index contributed by atoms with van der Waals surface area (Å²) < 4.78 is 2.09. The lowest BCUT2D eigenvalue weighted by atomic mass is 10.1. The number of fused-ring (bicyclic) bond motifs is 1. The van der Waals surface area contributed by atoms with E-state index in [0.29, 0.717) is 13.1 Å². The smallest absolute Gasteiger partial charge is 0.230 e. The number of nitrogens with zero attached hydrogens (tertiary/aromatic N) is 3. The van der Waals surface area contributed by atoms with Gasteiger partial charge in [0.15, 0.2) is 0 Å². The molecule has 1 aromatic heterocycles. The molecule has 2 amide bonds. The molecule has 27 heavy (non-hydrogen) atoms. The number of nitrogens with one attached hydrogen (secondary N) is 1. The topological polar surface area (TPSA) is 67.2 Å². The van der Waals surface area contributed by atoms with Gasteiger partial charge in [0.2, 0.25) is 11.8 Å². The van der Waals surface area contributed by atoms with Crippen molar-refractivity contribution in [3.8, 4) is 0 Å². The number of rotatable bonds is 5. The highest BCUT2D eigenvalue weighted by Gasteiger charge is 2.34. The fourth-order valence-corrected chi connectivity index (χ4v) is 3.95. The molecule has 4 rings (SSSR count). The van der Waals surface area contributed by atoms with E-state index in [1.807, 2.05) is 0 Å². The second kappa shape index (κ2) is 7.55. The summed E-state index contributed by atoms with van der Waals surface area (Å²) in [4.78, 5) is 31.3. The van der Waals surface area contributed by atoms with Crippen LogP contribution in [0, 0.1) is 5.92 Å². The molecule has 1 atom stereocenters. The molecule has 1 N–H and O–H groups in total. The van der Waals surface area contributed by atoms with Crippen LogP contribution in [0.2, 0.25) is 0 Å². The monoisotopic (exact) mass is 366 g/mol. The van der Waals surface area contributed by atoms with Crippen LogP contribution in [0.5, 0.6) is 0 Å². The summed E-state index contributed by atoms with van der Waals surface area (Å²) in [6.45, 7) is 4.06. The van der Waals surface area contributed by atoms with E-state index in [-0.39, 0.29) is 24.2 Å². The minimum atomic E-state index is -0.304. The van der Waals surface area contributed by atoms with Gasteiger partial charge in [0.05, 0.1) is 12.1 Å². The van der Waals surface area contributed by atoms with Gasteiger partial charge < -0.3 is 14.8 Å². The number of likely N-dealkylation sites (tertiary alicyclic amines) is 1. The average Bonchev–Trinajstić information content (AvgIpc) is 3.26. The molecule has 1 saturated heterocycles. The number of aryl methyl sites for hydroxylation is 2. The Morgan fingerprint density at radius 1 is 1.22 bits per heavy atom. The summed E-state index contributed by atoms with van der Waals surface area (Å²) >= 11 is 0. The molecule has 0 spiro atoms. The third-order valence-electron chi connectivity index (χ3n) is 5.61. The molecule has 2 aromatic rings. The van der Waals surface area contributed by atoms with E-state index in [0.717, 1.165) is 49.4 Å². The van der Waals surface area contributed by atoms with Crippen LogP contribution >= 0.6 is 0 Å². The summed E-state index contributed by atoms with van der Waals surface area (Å²) in [5.74, 6) is 1.46. The highest BCUT2D eigenvalue weighted by molar-refractivity contribution is 5.96. The summed E-state index contributed by atoms with van der Waals surface area (Å²) in [6, 6.07) is 8.34. The van der Waals surface area contributed by atoms with E-state index in [1.165, 1.54) is 5.56 Å². The van der Waals surface area contributed by atoms with Gasteiger partial charge in [0.1, 0.15) is 11.6 Å². The third-order valence-corrected chi connectivity index (χ3v) is 5.61. The number of benzene rings is 1. The predicted molar refractivity (Wildman–Crippen MR) is 103 cm³/mol. The normalized spacial score (nSPS) is 19.2. The summed E-state index contributed by atoms with van der Waals surface area (Å²) in [6.07, 6.45) is 6.24. The maximum absolute atomic E-state index is 12.7. The first-order chi connectivity index (χ1) is 13.1. The number of aromatic nitrogens is 2. The van der Waals surface area contributed by atoms with E-state index >= 15 is 0 Å². The van der Waals surface area contributed by atoms with Gasteiger partial charge in [0, 0.05) is 32.5 Å². The van der Waals surface area contributed by atoms with Crippen LogP contribution < -0.4 is 5.32 Å². The Hall–Kier alpha value is -2.63. The fourth-order valence-electron chi connectivity index (χ4n) is 3.95. The van der Waals surface area contributed by atoms with Crippen molar-refractivity contribution >= 4 is 17.6 Å². The minimum absolute atomic E-state index is 0.0463. The fraction of sp³-hybridized carbons (Fsp3) is 0.476. The van der Waals surface area contributed by atoms with Crippen LogP contribution in [-0.4, -0.2) is 32.8 Å². The Labute approximate surface area is 159 Å². The van der Waals surface area contributed by atoms with Crippen LogP contribution in [-0.2, 0) is 35.5 Å². The maximum atomic E-state index is 12.7. The number of anilines is 1. The first kappa shape index (κ1) is 17.8. The number of carbonyl (C=O) groups is 2. The Morgan fingerprint density at radius 2 is 2.00 bits per heavy atom. The summed E-state index contributed by atoms with van der Waals surface area (Å²) in [5, 5.41) is 2.99. The van der Waals surface area contributed by atoms with Crippen molar-refractivity contribution in [3.63, 3.8) is 0 Å². The van der Waals surface area contributed by atoms with Crippen LogP contribution in [0.1, 0.15) is 43.1 Å². The summed E-state index contributed by atoms with van der Waals surface area (Å²) in [7, 11) is 0. The molecule has 0 unspecified atom stereocenters. The zero-order chi connectivity index (χ0) is 18.8. The lowest BCUT2D eigenvalue weighted by Crippen LogP contribution is -2.28.